The van der Waals surface area contributed by atoms with E-state index in [0.29, 0.717) is 0 Å². The highest BCUT2D eigenvalue weighted by atomic mass is 32.1. The molecule has 7 heteroatoms. The highest BCUT2D eigenvalue weighted by Gasteiger charge is 2.25. The van der Waals surface area contributed by atoms with Crippen molar-refractivity contribution in [3.8, 4) is 0 Å². The van der Waals surface area contributed by atoms with Crippen LogP contribution in [0.4, 0.5) is 10.8 Å². The van der Waals surface area contributed by atoms with Gasteiger partial charge in [-0.25, -0.2) is 4.98 Å². The molecule has 1 aliphatic heterocycles. The van der Waals surface area contributed by atoms with E-state index in [0.717, 1.165) is 60.4 Å². The van der Waals surface area contributed by atoms with Crippen molar-refractivity contribution in [3.63, 3.8) is 0 Å². The number of carbonyl (C=O) groups is 2. The molecule has 2 aromatic rings. The number of benzene rings is 1. The quantitative estimate of drug-likeness (QED) is 0.853. The Morgan fingerprint density at radius 3 is 2.29 bits per heavy atom. The van der Waals surface area contributed by atoms with E-state index >= 15 is 0 Å². The monoisotopic (exact) mass is 401 g/mol. The molecule has 0 saturated carbocycles. The van der Waals surface area contributed by atoms with Crippen LogP contribution in [0.1, 0.15) is 36.2 Å². The van der Waals surface area contributed by atoms with E-state index in [1.807, 2.05) is 18.7 Å². The first-order chi connectivity index (χ1) is 13.3. The van der Waals surface area contributed by atoms with E-state index in [1.54, 1.807) is 18.7 Å². The summed E-state index contributed by atoms with van der Waals surface area (Å²) in [5, 5.41) is 2.77. The second-order valence-corrected chi connectivity index (χ2v) is 8.49. The summed E-state index contributed by atoms with van der Waals surface area (Å²) in [4.78, 5) is 33.8. The summed E-state index contributed by atoms with van der Waals surface area (Å²) in [5.41, 5.74) is 5.28. The SMILES string of the molecule is CC(=O)N1CC[NH+](Cc2csc(N(C(C)=O)c3c(C)cc(C)cc3C)n2)CC1. The van der Waals surface area contributed by atoms with E-state index in [4.69, 9.17) is 4.98 Å². The summed E-state index contributed by atoms with van der Waals surface area (Å²) in [7, 11) is 0. The summed E-state index contributed by atoms with van der Waals surface area (Å²) in [5.74, 6) is 0.120. The van der Waals surface area contributed by atoms with Crippen LogP contribution >= 0.6 is 11.3 Å². The Morgan fingerprint density at radius 1 is 1.14 bits per heavy atom. The number of aryl methyl sites for hydroxylation is 3. The van der Waals surface area contributed by atoms with Crippen molar-refractivity contribution in [2.75, 3.05) is 31.1 Å². The molecule has 1 N–H and O–H groups in total. The van der Waals surface area contributed by atoms with Gasteiger partial charge in [-0.15, -0.1) is 11.3 Å². The van der Waals surface area contributed by atoms with Gasteiger partial charge in [-0.05, 0) is 31.9 Å². The van der Waals surface area contributed by atoms with E-state index in [1.165, 1.54) is 21.8 Å². The number of quaternary nitrogens is 1. The fourth-order valence-electron chi connectivity index (χ4n) is 3.96. The summed E-state index contributed by atoms with van der Waals surface area (Å²) in [6, 6.07) is 4.21. The fraction of sp³-hybridized carbons (Fsp3) is 0.476. The molecule has 28 heavy (non-hydrogen) atoms. The Bertz CT molecular complexity index is 861. The second kappa shape index (κ2) is 8.41. The molecular formula is C21H29N4O2S+. The van der Waals surface area contributed by atoms with Crippen LogP contribution in [0.15, 0.2) is 17.5 Å². The standard InChI is InChI=1S/C21H28N4O2S/c1-14-10-15(2)20(16(3)11-14)25(18(5)27)21-22-19(13-28-21)12-23-6-8-24(9-7-23)17(4)26/h10-11,13H,6-9,12H2,1-5H3/p+1. The average Bonchev–Trinajstić information content (AvgIpc) is 3.05. The molecule has 0 atom stereocenters. The van der Waals surface area contributed by atoms with Gasteiger partial charge in [0.25, 0.3) is 0 Å². The lowest BCUT2D eigenvalue weighted by Crippen LogP contribution is -3.13. The minimum absolute atomic E-state index is 0.0293. The number of aromatic nitrogens is 1. The van der Waals surface area contributed by atoms with Gasteiger partial charge < -0.3 is 9.80 Å². The Kier molecular flexibility index (Phi) is 6.15. The van der Waals surface area contributed by atoms with E-state index < -0.39 is 0 Å². The molecule has 0 spiro atoms. The van der Waals surface area contributed by atoms with Gasteiger partial charge >= 0.3 is 0 Å². The summed E-state index contributed by atoms with van der Waals surface area (Å²) >= 11 is 1.51. The predicted octanol–water partition coefficient (Wildman–Crippen LogP) is 2.00. The third-order valence-corrected chi connectivity index (χ3v) is 6.13. The van der Waals surface area contributed by atoms with Crippen molar-refractivity contribution in [3.05, 3.63) is 39.9 Å². The number of piperazine rings is 1. The molecule has 150 valence electrons. The molecule has 1 fully saturated rings. The lowest BCUT2D eigenvalue weighted by atomic mass is 10.0. The molecule has 1 aromatic carbocycles. The van der Waals surface area contributed by atoms with Crippen LogP contribution in [0.5, 0.6) is 0 Å². The van der Waals surface area contributed by atoms with Gasteiger partial charge in [-0.2, -0.15) is 0 Å². The number of nitrogens with one attached hydrogen (secondary N) is 1. The maximum Gasteiger partial charge on any atom is 0.230 e. The maximum absolute atomic E-state index is 12.5. The van der Waals surface area contributed by atoms with Crippen molar-refractivity contribution in [2.24, 2.45) is 0 Å². The summed E-state index contributed by atoms with van der Waals surface area (Å²) in [6.07, 6.45) is 0. The second-order valence-electron chi connectivity index (χ2n) is 7.66. The maximum atomic E-state index is 12.5. The molecular weight excluding hydrogens is 372 g/mol. The molecule has 1 aromatic heterocycles. The molecule has 6 nitrogen and oxygen atoms in total. The van der Waals surface area contributed by atoms with E-state index in [-0.39, 0.29) is 11.8 Å². The van der Waals surface area contributed by atoms with Crippen LogP contribution in [0.25, 0.3) is 0 Å². The summed E-state index contributed by atoms with van der Waals surface area (Å²) in [6.45, 7) is 13.6. The van der Waals surface area contributed by atoms with Gasteiger partial charge in [-0.1, -0.05) is 17.7 Å². The molecule has 0 aliphatic carbocycles. The molecule has 2 heterocycles. The molecule has 1 saturated heterocycles. The fourth-order valence-corrected chi connectivity index (χ4v) is 4.84. The van der Waals surface area contributed by atoms with Gasteiger partial charge in [0.05, 0.1) is 31.9 Å². The Labute approximate surface area is 170 Å². The smallest absolute Gasteiger partial charge is 0.230 e. The van der Waals surface area contributed by atoms with E-state index in [9.17, 15) is 9.59 Å². The van der Waals surface area contributed by atoms with Crippen LogP contribution in [-0.2, 0) is 16.1 Å². The van der Waals surface area contributed by atoms with Crippen molar-refractivity contribution in [1.82, 2.24) is 9.88 Å². The van der Waals surface area contributed by atoms with E-state index in [2.05, 4.69) is 24.4 Å². The minimum atomic E-state index is -0.0293. The molecule has 0 unspecified atom stereocenters. The number of hydrogen-bond donors (Lipinski definition) is 1. The topological polar surface area (TPSA) is 58.0 Å². The van der Waals surface area contributed by atoms with Crippen molar-refractivity contribution < 1.29 is 14.5 Å². The predicted molar refractivity (Wildman–Crippen MR) is 112 cm³/mol. The number of anilines is 2. The lowest BCUT2D eigenvalue weighted by Gasteiger charge is -2.31. The zero-order valence-electron chi connectivity index (χ0n) is 17.3. The lowest BCUT2D eigenvalue weighted by molar-refractivity contribution is -0.917. The normalized spacial score (nSPS) is 15.0. The first kappa shape index (κ1) is 20.5. The van der Waals surface area contributed by atoms with Gasteiger partial charge in [0.15, 0.2) is 5.13 Å². The third-order valence-electron chi connectivity index (χ3n) is 5.25. The van der Waals surface area contributed by atoms with Gasteiger partial charge in [0.2, 0.25) is 11.8 Å². The first-order valence-corrected chi connectivity index (χ1v) is 10.6. The third kappa shape index (κ3) is 4.42. The van der Waals surface area contributed by atoms with Crippen molar-refractivity contribution in [1.29, 1.82) is 0 Å². The van der Waals surface area contributed by atoms with Gasteiger partial charge in [-0.3, -0.25) is 14.5 Å². The van der Waals surface area contributed by atoms with Gasteiger partial charge in [0.1, 0.15) is 12.2 Å². The molecule has 0 radical (unpaired) electrons. The highest BCUT2D eigenvalue weighted by molar-refractivity contribution is 7.14. The minimum Gasteiger partial charge on any atom is -0.332 e. The number of amides is 2. The largest absolute Gasteiger partial charge is 0.332 e. The Hall–Kier alpha value is -2.25. The first-order valence-electron chi connectivity index (χ1n) is 9.68. The van der Waals surface area contributed by atoms with Crippen LogP contribution in [0.3, 0.4) is 0 Å². The number of carbonyl (C=O) groups excluding carboxylic acids is 2. The van der Waals surface area contributed by atoms with Crippen LogP contribution in [0.2, 0.25) is 0 Å². The highest BCUT2D eigenvalue weighted by Crippen LogP contribution is 2.34. The average molecular weight is 402 g/mol. The molecule has 3 rings (SSSR count). The molecule has 0 bridgehead atoms. The van der Waals surface area contributed by atoms with Crippen LogP contribution in [0, 0.1) is 20.8 Å². The van der Waals surface area contributed by atoms with Gasteiger partial charge in [0, 0.05) is 19.2 Å². The number of nitrogens with zero attached hydrogens (tertiary/aromatic N) is 3. The number of hydrogen-bond acceptors (Lipinski definition) is 4. The number of thiazole rings is 1. The van der Waals surface area contributed by atoms with Crippen LogP contribution in [-0.4, -0.2) is 47.9 Å². The summed E-state index contributed by atoms with van der Waals surface area (Å²) < 4.78 is 0. The zero-order valence-corrected chi connectivity index (χ0v) is 18.2. The molecule has 1 aliphatic rings. The number of rotatable bonds is 4. The van der Waals surface area contributed by atoms with Crippen molar-refractivity contribution in [2.45, 2.75) is 41.2 Å². The Morgan fingerprint density at radius 2 is 1.75 bits per heavy atom. The Balaban J connectivity index is 1.78. The molecule has 2 amide bonds. The van der Waals surface area contributed by atoms with Crippen LogP contribution < -0.4 is 9.80 Å². The van der Waals surface area contributed by atoms with Crippen molar-refractivity contribution >= 4 is 34.0 Å². The zero-order chi connectivity index (χ0) is 20.4.